The van der Waals surface area contributed by atoms with Gasteiger partial charge in [0.25, 0.3) is 0 Å². The summed E-state index contributed by atoms with van der Waals surface area (Å²) in [7, 11) is 0. The Kier molecular flexibility index (Phi) is 7.01. The zero-order valence-electron chi connectivity index (χ0n) is 18.9. The average molecular weight is 476 g/mol. The summed E-state index contributed by atoms with van der Waals surface area (Å²) in [5.74, 6) is -2.44. The standard InChI is InChI=1S/C22H29N5O5S/c1-11(2)17(23)24-10-13(28)25-14(12-8-6-5-7-9-12)18(29)26-15-19(30)27-16(21(31)32)22(3,4)33-20(15)27/h5-9,11,14-16,20H,10H2,1-4H3,(H2,23,24)(H,25,28)(H,26,29)(H,31,32)/t14?,15-,16+,20-/m1/s1. The first kappa shape index (κ1) is 24.6. The van der Waals surface area contributed by atoms with Crippen molar-refractivity contribution in [3.05, 3.63) is 35.9 Å². The van der Waals surface area contributed by atoms with Crippen LogP contribution in [0.4, 0.5) is 0 Å². The summed E-state index contributed by atoms with van der Waals surface area (Å²) in [5, 5.41) is 25.0. The van der Waals surface area contributed by atoms with Gasteiger partial charge in [-0.3, -0.25) is 19.8 Å². The van der Waals surface area contributed by atoms with Crippen LogP contribution >= 0.6 is 11.8 Å². The molecule has 4 atom stereocenters. The van der Waals surface area contributed by atoms with E-state index < -0.39 is 51.9 Å². The molecule has 0 spiro atoms. The molecule has 0 aliphatic carbocycles. The highest BCUT2D eigenvalue weighted by atomic mass is 32.2. The highest BCUT2D eigenvalue weighted by Gasteiger charge is 2.64. The first-order valence-electron chi connectivity index (χ1n) is 10.6. The summed E-state index contributed by atoms with van der Waals surface area (Å²) in [4.78, 5) is 51.3. The van der Waals surface area contributed by atoms with Crippen LogP contribution in [-0.2, 0) is 19.2 Å². The molecule has 10 nitrogen and oxygen atoms in total. The van der Waals surface area contributed by atoms with Crippen LogP contribution in [0.1, 0.15) is 39.3 Å². The molecule has 2 heterocycles. The predicted octanol–water partition coefficient (Wildman–Crippen LogP) is 0.698. The highest BCUT2D eigenvalue weighted by Crippen LogP contribution is 2.50. The molecule has 2 saturated heterocycles. The fraction of sp³-hybridized carbons (Fsp3) is 0.500. The molecule has 0 radical (unpaired) electrons. The van der Waals surface area contributed by atoms with Crippen molar-refractivity contribution in [1.29, 1.82) is 5.41 Å². The number of carboxylic acids is 1. The number of amidine groups is 1. The lowest BCUT2D eigenvalue weighted by Gasteiger charge is -2.44. The second-order valence-corrected chi connectivity index (χ2v) is 10.7. The number of rotatable bonds is 8. The van der Waals surface area contributed by atoms with Gasteiger partial charge in [-0.2, -0.15) is 0 Å². The molecule has 1 aromatic rings. The van der Waals surface area contributed by atoms with Crippen molar-refractivity contribution in [3.8, 4) is 0 Å². The summed E-state index contributed by atoms with van der Waals surface area (Å²) in [6.07, 6.45) is 0. The molecule has 0 saturated carbocycles. The maximum Gasteiger partial charge on any atom is 0.327 e. The Morgan fingerprint density at radius 2 is 1.85 bits per heavy atom. The maximum absolute atomic E-state index is 13.2. The molecule has 2 aliphatic heterocycles. The molecule has 0 bridgehead atoms. The third kappa shape index (κ3) is 4.97. The van der Waals surface area contributed by atoms with Crippen LogP contribution in [0.2, 0.25) is 0 Å². The highest BCUT2D eigenvalue weighted by molar-refractivity contribution is 8.01. The molecule has 3 amide bonds. The zero-order valence-corrected chi connectivity index (χ0v) is 19.7. The van der Waals surface area contributed by atoms with E-state index in [1.54, 1.807) is 44.2 Å². The number of carboxylic acid groups (broad SMARTS) is 1. The molecule has 3 rings (SSSR count). The fourth-order valence-electron chi connectivity index (χ4n) is 3.92. The van der Waals surface area contributed by atoms with Gasteiger partial charge < -0.3 is 26.0 Å². The largest absolute Gasteiger partial charge is 0.480 e. The minimum absolute atomic E-state index is 0.0682. The lowest BCUT2D eigenvalue weighted by molar-refractivity contribution is -0.161. The van der Waals surface area contributed by atoms with Gasteiger partial charge in [-0.25, -0.2) is 4.79 Å². The topological polar surface area (TPSA) is 152 Å². The summed E-state index contributed by atoms with van der Waals surface area (Å²) < 4.78 is -0.703. The van der Waals surface area contributed by atoms with Crippen molar-refractivity contribution in [3.63, 3.8) is 0 Å². The third-order valence-electron chi connectivity index (χ3n) is 5.69. The number of fused-ring (bicyclic) bond motifs is 1. The molecule has 1 unspecified atom stereocenters. The number of carbonyl (C=O) groups is 4. The lowest BCUT2D eigenvalue weighted by Crippen LogP contribution is -2.71. The number of hydrogen-bond acceptors (Lipinski definition) is 6. The van der Waals surface area contributed by atoms with Gasteiger partial charge in [-0.1, -0.05) is 44.2 Å². The Morgan fingerprint density at radius 3 is 2.42 bits per heavy atom. The maximum atomic E-state index is 13.2. The van der Waals surface area contributed by atoms with Crippen LogP contribution in [0.3, 0.4) is 0 Å². The van der Waals surface area contributed by atoms with E-state index in [2.05, 4.69) is 16.0 Å². The zero-order chi connectivity index (χ0) is 24.5. The number of aliphatic carboxylic acids is 1. The molecule has 5 N–H and O–H groups in total. The molecule has 33 heavy (non-hydrogen) atoms. The Morgan fingerprint density at radius 1 is 1.21 bits per heavy atom. The number of nitrogens with one attached hydrogen (secondary N) is 4. The normalized spacial score (nSPS) is 23.8. The lowest BCUT2D eigenvalue weighted by atomic mass is 9.95. The Hall–Kier alpha value is -3.08. The van der Waals surface area contributed by atoms with Gasteiger partial charge >= 0.3 is 5.97 Å². The van der Waals surface area contributed by atoms with Crippen LogP contribution in [-0.4, -0.2) is 68.3 Å². The molecule has 1 aromatic carbocycles. The van der Waals surface area contributed by atoms with Gasteiger partial charge in [0.15, 0.2) is 0 Å². The number of benzene rings is 1. The quantitative estimate of drug-likeness (QED) is 0.211. The molecular formula is C22H29N5O5S. The molecular weight excluding hydrogens is 446 g/mol. The Labute approximate surface area is 196 Å². The van der Waals surface area contributed by atoms with Crippen molar-refractivity contribution in [1.82, 2.24) is 20.9 Å². The number of amides is 3. The first-order chi connectivity index (χ1) is 15.4. The summed E-state index contributed by atoms with van der Waals surface area (Å²) in [6, 6.07) is 5.73. The smallest absolute Gasteiger partial charge is 0.327 e. The summed E-state index contributed by atoms with van der Waals surface area (Å²) in [5.41, 5.74) is 0.536. The van der Waals surface area contributed by atoms with Crippen LogP contribution in [0.25, 0.3) is 0 Å². The summed E-state index contributed by atoms with van der Waals surface area (Å²) in [6.45, 7) is 7.00. The molecule has 11 heteroatoms. The fourth-order valence-corrected chi connectivity index (χ4v) is 5.54. The van der Waals surface area contributed by atoms with Gasteiger partial charge in [-0.05, 0) is 19.4 Å². The van der Waals surface area contributed by atoms with E-state index in [1.807, 2.05) is 13.8 Å². The van der Waals surface area contributed by atoms with Gasteiger partial charge in [0.05, 0.1) is 12.4 Å². The van der Waals surface area contributed by atoms with E-state index >= 15 is 0 Å². The van der Waals surface area contributed by atoms with Crippen LogP contribution in [0.15, 0.2) is 30.3 Å². The van der Waals surface area contributed by atoms with E-state index in [0.717, 1.165) is 0 Å². The molecule has 2 aliphatic rings. The van der Waals surface area contributed by atoms with Gasteiger partial charge in [0, 0.05) is 10.7 Å². The van der Waals surface area contributed by atoms with Crippen molar-refractivity contribution in [2.75, 3.05) is 6.54 Å². The van der Waals surface area contributed by atoms with Crippen LogP contribution < -0.4 is 16.0 Å². The number of thioether (sulfide) groups is 1. The first-order valence-corrected chi connectivity index (χ1v) is 11.5. The van der Waals surface area contributed by atoms with Gasteiger partial charge in [0.1, 0.15) is 23.5 Å². The summed E-state index contributed by atoms with van der Waals surface area (Å²) >= 11 is 1.33. The van der Waals surface area contributed by atoms with Gasteiger partial charge in [0.2, 0.25) is 17.7 Å². The second kappa shape index (κ2) is 9.42. The third-order valence-corrected chi connectivity index (χ3v) is 7.26. The number of carbonyl (C=O) groups excluding carboxylic acids is 3. The van der Waals surface area contributed by atoms with E-state index in [4.69, 9.17) is 5.41 Å². The van der Waals surface area contributed by atoms with E-state index in [1.165, 1.54) is 16.7 Å². The van der Waals surface area contributed by atoms with Crippen LogP contribution in [0, 0.1) is 11.3 Å². The SMILES string of the molecule is CC(C)C(=N)NCC(=O)NC(C(=O)N[C@@H]1C(=O)N2[C@@H]1SC(C)(C)[C@@H]2C(=O)O)c1ccccc1. The Balaban J connectivity index is 1.71. The number of β-lactam (4-membered cyclic amide) rings is 1. The van der Waals surface area contributed by atoms with E-state index in [-0.39, 0.29) is 18.3 Å². The van der Waals surface area contributed by atoms with Crippen molar-refractivity contribution < 1.29 is 24.3 Å². The van der Waals surface area contributed by atoms with E-state index in [9.17, 15) is 24.3 Å². The molecule has 2 fully saturated rings. The molecule has 178 valence electrons. The number of nitrogens with zero attached hydrogens (tertiary/aromatic N) is 1. The predicted molar refractivity (Wildman–Crippen MR) is 124 cm³/mol. The monoisotopic (exact) mass is 475 g/mol. The minimum Gasteiger partial charge on any atom is -0.480 e. The second-order valence-electron chi connectivity index (χ2n) is 8.92. The van der Waals surface area contributed by atoms with Crippen molar-refractivity contribution >= 4 is 41.3 Å². The Bertz CT molecular complexity index is 967. The van der Waals surface area contributed by atoms with Crippen molar-refractivity contribution in [2.24, 2.45) is 5.92 Å². The van der Waals surface area contributed by atoms with Gasteiger partial charge in [-0.15, -0.1) is 11.8 Å². The van der Waals surface area contributed by atoms with Crippen molar-refractivity contribution in [2.45, 2.75) is 55.9 Å². The van der Waals surface area contributed by atoms with Crippen LogP contribution in [0.5, 0.6) is 0 Å². The number of hydrogen-bond donors (Lipinski definition) is 5. The average Bonchev–Trinajstić information content (AvgIpc) is 3.02. The minimum atomic E-state index is -1.08. The van der Waals surface area contributed by atoms with E-state index in [0.29, 0.717) is 5.56 Å². The molecule has 0 aromatic heterocycles.